The molecule has 0 aliphatic carbocycles. The highest BCUT2D eigenvalue weighted by atomic mass is 35.5. The number of amides is 2. The van der Waals surface area contributed by atoms with E-state index in [0.717, 1.165) is 5.56 Å². The topological polar surface area (TPSA) is 145 Å². The van der Waals surface area contributed by atoms with Crippen molar-refractivity contribution in [2.75, 3.05) is 25.0 Å². The molecular formula is C25H30ClFN6O4. The second-order valence-corrected chi connectivity index (χ2v) is 10.1. The molecule has 37 heavy (non-hydrogen) atoms. The number of aliphatic carboxylic acids is 1. The van der Waals surface area contributed by atoms with Crippen LogP contribution >= 0.6 is 11.6 Å². The van der Waals surface area contributed by atoms with E-state index in [4.69, 9.17) is 11.6 Å². The van der Waals surface area contributed by atoms with E-state index in [2.05, 4.69) is 31.2 Å². The summed E-state index contributed by atoms with van der Waals surface area (Å²) in [6, 6.07) is 5.91. The van der Waals surface area contributed by atoms with E-state index in [1.165, 1.54) is 18.5 Å². The first-order valence-corrected chi connectivity index (χ1v) is 12.0. The summed E-state index contributed by atoms with van der Waals surface area (Å²) >= 11 is 6.27. The molecule has 5 N–H and O–H groups in total. The number of guanidine groups is 1. The van der Waals surface area contributed by atoms with Crippen molar-refractivity contribution in [1.29, 1.82) is 0 Å². The molecule has 0 spiro atoms. The van der Waals surface area contributed by atoms with Crippen LogP contribution in [0.5, 0.6) is 0 Å². The maximum atomic E-state index is 13.2. The number of pyridine rings is 1. The van der Waals surface area contributed by atoms with Gasteiger partial charge < -0.3 is 26.4 Å². The Morgan fingerprint density at radius 1 is 1.22 bits per heavy atom. The highest BCUT2D eigenvalue weighted by molar-refractivity contribution is 6.30. The maximum absolute atomic E-state index is 13.2. The molecule has 198 valence electrons. The standard InChI is InChI=1S/C25H30ClFN6O4/c1-25(2,3)16-4-14(5-17(26)7-16)20(8-22(35)36)33-21(34)13-29-23(37)15-6-19(12-28-9-15)32-24-30-10-18(27)11-31-24/h4-7,9,12,18,20H,8,10-11,13H2,1-3H3,(H,29,37)(H,33,34)(H,35,36)(H2,30,31,32). The maximum Gasteiger partial charge on any atom is 0.305 e. The van der Waals surface area contributed by atoms with Gasteiger partial charge in [-0.25, -0.2) is 9.38 Å². The second-order valence-electron chi connectivity index (χ2n) is 9.68. The van der Waals surface area contributed by atoms with Crippen LogP contribution in [0.3, 0.4) is 0 Å². The third-order valence-corrected chi connectivity index (χ3v) is 5.73. The Hall–Kier alpha value is -3.73. The highest BCUT2D eigenvalue weighted by Gasteiger charge is 2.22. The van der Waals surface area contributed by atoms with Crippen LogP contribution < -0.4 is 21.3 Å². The number of aromatic nitrogens is 1. The van der Waals surface area contributed by atoms with Crippen LogP contribution in [0.1, 0.15) is 54.7 Å². The number of carboxylic acid groups (broad SMARTS) is 1. The summed E-state index contributed by atoms with van der Waals surface area (Å²) in [4.78, 5) is 44.7. The minimum Gasteiger partial charge on any atom is -0.481 e. The number of carbonyl (C=O) groups is 3. The molecule has 0 bridgehead atoms. The largest absolute Gasteiger partial charge is 0.481 e. The van der Waals surface area contributed by atoms with Crippen molar-refractivity contribution >= 4 is 41.0 Å². The second kappa shape index (κ2) is 12.0. The van der Waals surface area contributed by atoms with Crippen molar-refractivity contribution in [3.63, 3.8) is 0 Å². The van der Waals surface area contributed by atoms with Crippen LogP contribution in [0.2, 0.25) is 5.02 Å². The summed E-state index contributed by atoms with van der Waals surface area (Å²) in [6.07, 6.45) is 1.39. The van der Waals surface area contributed by atoms with Gasteiger partial charge in [-0.1, -0.05) is 38.4 Å². The summed E-state index contributed by atoms with van der Waals surface area (Å²) in [5.74, 6) is -1.85. The number of rotatable bonds is 8. The molecule has 0 fully saturated rings. The van der Waals surface area contributed by atoms with Gasteiger partial charge in [-0.3, -0.25) is 19.4 Å². The van der Waals surface area contributed by atoms with Gasteiger partial charge in [0.2, 0.25) is 5.91 Å². The van der Waals surface area contributed by atoms with Crippen LogP contribution in [0, 0.1) is 0 Å². The number of nitrogens with one attached hydrogen (secondary N) is 4. The summed E-state index contributed by atoms with van der Waals surface area (Å²) in [7, 11) is 0. The molecule has 2 atom stereocenters. The third kappa shape index (κ3) is 8.42. The van der Waals surface area contributed by atoms with Gasteiger partial charge in [-0.15, -0.1) is 0 Å². The zero-order valence-corrected chi connectivity index (χ0v) is 21.5. The number of aliphatic imine (C=N–C) groups is 1. The average molecular weight is 533 g/mol. The molecule has 2 heterocycles. The SMILES string of the molecule is CC(C)(C)c1cc(Cl)cc(C(CC(=O)O)NC(=O)CNC(=O)c2cncc(NC3=NCC(F)CN3)c2)c1. The van der Waals surface area contributed by atoms with Crippen LogP contribution in [-0.4, -0.2) is 59.6 Å². The molecule has 0 saturated carbocycles. The summed E-state index contributed by atoms with van der Waals surface area (Å²) < 4.78 is 13.2. The van der Waals surface area contributed by atoms with E-state index in [9.17, 15) is 23.9 Å². The lowest BCUT2D eigenvalue weighted by atomic mass is 9.85. The summed E-state index contributed by atoms with van der Waals surface area (Å²) in [5, 5.41) is 20.7. The lowest BCUT2D eigenvalue weighted by Crippen LogP contribution is -2.41. The zero-order chi connectivity index (χ0) is 27.2. The van der Waals surface area contributed by atoms with Crippen LogP contribution in [0.15, 0.2) is 41.7 Å². The lowest BCUT2D eigenvalue weighted by Gasteiger charge is -2.23. The Labute approximate surface area is 219 Å². The molecule has 2 unspecified atom stereocenters. The van der Waals surface area contributed by atoms with Gasteiger partial charge in [0.1, 0.15) is 6.17 Å². The van der Waals surface area contributed by atoms with Crippen LogP contribution in [0.25, 0.3) is 0 Å². The van der Waals surface area contributed by atoms with E-state index >= 15 is 0 Å². The molecule has 2 aromatic rings. The third-order valence-electron chi connectivity index (χ3n) is 5.51. The fourth-order valence-electron chi connectivity index (χ4n) is 3.55. The number of nitrogens with zero attached hydrogens (tertiary/aromatic N) is 2. The van der Waals surface area contributed by atoms with Crippen molar-refractivity contribution in [3.8, 4) is 0 Å². The Morgan fingerprint density at radius 2 is 1.97 bits per heavy atom. The van der Waals surface area contributed by atoms with Gasteiger partial charge in [0, 0.05) is 11.2 Å². The van der Waals surface area contributed by atoms with Gasteiger partial charge in [0.05, 0.1) is 49.5 Å². The smallest absolute Gasteiger partial charge is 0.305 e. The van der Waals surface area contributed by atoms with Crippen molar-refractivity contribution in [1.82, 2.24) is 20.9 Å². The van der Waals surface area contributed by atoms with Gasteiger partial charge in [0.15, 0.2) is 5.96 Å². The Balaban J connectivity index is 1.64. The zero-order valence-electron chi connectivity index (χ0n) is 20.8. The first-order valence-electron chi connectivity index (χ1n) is 11.7. The van der Waals surface area contributed by atoms with E-state index in [0.29, 0.717) is 22.2 Å². The number of anilines is 1. The number of carbonyl (C=O) groups excluding carboxylic acids is 2. The van der Waals surface area contributed by atoms with Gasteiger partial charge in [0.25, 0.3) is 5.91 Å². The first-order chi connectivity index (χ1) is 17.4. The van der Waals surface area contributed by atoms with E-state index in [1.54, 1.807) is 12.1 Å². The van der Waals surface area contributed by atoms with Crippen molar-refractivity contribution in [3.05, 3.63) is 58.4 Å². The summed E-state index contributed by atoms with van der Waals surface area (Å²) in [5.41, 5.74) is 1.86. The quantitative estimate of drug-likeness (QED) is 0.351. The molecule has 12 heteroatoms. The predicted octanol–water partition coefficient (Wildman–Crippen LogP) is 2.80. The molecule has 0 saturated heterocycles. The van der Waals surface area contributed by atoms with Crippen LogP contribution in [0.4, 0.5) is 10.1 Å². The molecule has 2 amide bonds. The number of benzene rings is 1. The summed E-state index contributed by atoms with van der Waals surface area (Å²) in [6.45, 7) is 5.78. The molecule has 10 nitrogen and oxygen atoms in total. The molecule has 1 aromatic carbocycles. The lowest BCUT2D eigenvalue weighted by molar-refractivity contribution is -0.137. The number of hydrogen-bond donors (Lipinski definition) is 5. The van der Waals surface area contributed by atoms with Gasteiger partial charge in [-0.05, 0) is 34.7 Å². The predicted molar refractivity (Wildman–Crippen MR) is 139 cm³/mol. The molecule has 1 aliphatic rings. The van der Waals surface area contributed by atoms with Crippen molar-refractivity contribution in [2.45, 2.75) is 44.8 Å². The van der Waals surface area contributed by atoms with E-state index < -0.39 is 30.0 Å². The fraction of sp³-hybridized carbons (Fsp3) is 0.400. The van der Waals surface area contributed by atoms with E-state index in [1.807, 2.05) is 26.8 Å². The van der Waals surface area contributed by atoms with Gasteiger partial charge in [-0.2, -0.15) is 0 Å². The number of alkyl halides is 1. The fourth-order valence-corrected chi connectivity index (χ4v) is 3.80. The Bertz CT molecular complexity index is 1200. The molecule has 0 radical (unpaired) electrons. The first kappa shape index (κ1) is 27.9. The van der Waals surface area contributed by atoms with Gasteiger partial charge >= 0.3 is 5.97 Å². The van der Waals surface area contributed by atoms with Crippen molar-refractivity contribution < 1.29 is 23.9 Å². The van der Waals surface area contributed by atoms with E-state index in [-0.39, 0.29) is 37.0 Å². The highest BCUT2D eigenvalue weighted by Crippen LogP contribution is 2.30. The van der Waals surface area contributed by atoms with Crippen molar-refractivity contribution in [2.24, 2.45) is 4.99 Å². The Kier molecular flexibility index (Phi) is 9.04. The minimum absolute atomic E-state index is 0.0353. The molecule has 1 aliphatic heterocycles. The monoisotopic (exact) mass is 532 g/mol. The average Bonchev–Trinajstić information content (AvgIpc) is 2.82. The number of carboxylic acids is 1. The Morgan fingerprint density at radius 3 is 2.62 bits per heavy atom. The number of halogens is 2. The molecule has 1 aromatic heterocycles. The van der Waals surface area contributed by atoms with Crippen LogP contribution in [-0.2, 0) is 15.0 Å². The number of hydrogen-bond acceptors (Lipinski definition) is 7. The molecule has 3 rings (SSSR count). The normalized spacial score (nSPS) is 16.1. The minimum atomic E-state index is -1.10. The molecular weight excluding hydrogens is 503 g/mol.